The average molecular weight is 442 g/mol. The molecule has 0 bridgehead atoms. The molecule has 4 rings (SSSR count). The molecule has 162 valence electrons. The first kappa shape index (κ1) is 21.3. The summed E-state index contributed by atoms with van der Waals surface area (Å²) >= 11 is 5.79. The third-order valence-electron chi connectivity index (χ3n) is 5.60. The maximum Gasteiger partial charge on any atom is 0.254 e. The smallest absolute Gasteiger partial charge is 0.254 e. The number of fused-ring (bicyclic) bond motifs is 1. The number of nitrogens with zero attached hydrogens (tertiary/aromatic N) is 3. The first-order valence-corrected chi connectivity index (χ1v) is 10.8. The van der Waals surface area contributed by atoms with Crippen molar-refractivity contribution in [1.82, 2.24) is 15.3 Å². The van der Waals surface area contributed by atoms with Crippen LogP contribution in [0.15, 0.2) is 42.5 Å². The summed E-state index contributed by atoms with van der Waals surface area (Å²) < 4.78 is 14.1. The summed E-state index contributed by atoms with van der Waals surface area (Å²) in [5.41, 5.74) is 0.877. The van der Waals surface area contributed by atoms with Gasteiger partial charge >= 0.3 is 0 Å². The number of anilines is 2. The van der Waals surface area contributed by atoms with Gasteiger partial charge < -0.3 is 15.5 Å². The Morgan fingerprint density at radius 3 is 2.48 bits per heavy atom. The van der Waals surface area contributed by atoms with Gasteiger partial charge in [0.1, 0.15) is 5.82 Å². The highest BCUT2D eigenvalue weighted by Gasteiger charge is 2.25. The molecule has 31 heavy (non-hydrogen) atoms. The van der Waals surface area contributed by atoms with Gasteiger partial charge in [-0.25, -0.2) is 9.37 Å². The van der Waals surface area contributed by atoms with Crippen LogP contribution in [0.5, 0.6) is 0 Å². The molecule has 1 heterocycles. The minimum Gasteiger partial charge on any atom is -0.362 e. The van der Waals surface area contributed by atoms with Crippen molar-refractivity contribution in [2.24, 2.45) is 0 Å². The summed E-state index contributed by atoms with van der Waals surface area (Å²) in [6, 6.07) is 12.6. The second-order valence-electron chi connectivity index (χ2n) is 8.05. The number of benzene rings is 2. The summed E-state index contributed by atoms with van der Waals surface area (Å²) in [7, 11) is 3.93. The first-order valence-electron chi connectivity index (χ1n) is 10.4. The molecule has 0 atom stereocenters. The number of amides is 1. The molecule has 0 radical (unpaired) electrons. The normalized spacial score (nSPS) is 18.6. The van der Waals surface area contributed by atoms with Gasteiger partial charge in [-0.1, -0.05) is 29.8 Å². The van der Waals surface area contributed by atoms with Gasteiger partial charge in [-0.3, -0.25) is 4.79 Å². The van der Waals surface area contributed by atoms with E-state index in [9.17, 15) is 9.18 Å². The zero-order valence-electron chi connectivity index (χ0n) is 17.5. The van der Waals surface area contributed by atoms with Crippen LogP contribution in [0.25, 0.3) is 10.9 Å². The maximum absolute atomic E-state index is 14.1. The summed E-state index contributed by atoms with van der Waals surface area (Å²) in [4.78, 5) is 23.8. The van der Waals surface area contributed by atoms with Crippen molar-refractivity contribution >= 4 is 40.2 Å². The van der Waals surface area contributed by atoms with E-state index >= 15 is 0 Å². The fraction of sp³-hybridized carbons (Fsp3) is 0.348. The monoisotopic (exact) mass is 441 g/mol. The van der Waals surface area contributed by atoms with Crippen LogP contribution in [-0.4, -0.2) is 42.1 Å². The van der Waals surface area contributed by atoms with E-state index in [1.165, 1.54) is 12.1 Å². The molecule has 2 aromatic carbocycles. The van der Waals surface area contributed by atoms with E-state index in [1.807, 2.05) is 43.3 Å². The van der Waals surface area contributed by atoms with Crippen molar-refractivity contribution in [3.63, 3.8) is 0 Å². The molecular formula is C23H25ClFN5O. The Balaban J connectivity index is 1.38. The Bertz CT molecular complexity index is 1100. The molecule has 1 amide bonds. The summed E-state index contributed by atoms with van der Waals surface area (Å²) in [6.45, 7) is 0. The van der Waals surface area contributed by atoms with Crippen LogP contribution in [0, 0.1) is 5.82 Å². The highest BCUT2D eigenvalue weighted by atomic mass is 35.5. The standard InChI is InChI=1S/C23H25ClFN5O/c1-30(2)21-16-6-3-4-9-19(16)28-23(29-21)27-15-12-10-14(11-13-15)26-22(31)17-7-5-8-18(24)20(17)25/h3-9,14-15H,10-13H2,1-2H3,(H,26,31)(H,27,28,29). The summed E-state index contributed by atoms with van der Waals surface area (Å²) in [6.07, 6.45) is 3.30. The van der Waals surface area contributed by atoms with Gasteiger partial charge in [0.25, 0.3) is 5.91 Å². The molecule has 0 saturated heterocycles. The number of nitrogens with one attached hydrogen (secondary N) is 2. The summed E-state index contributed by atoms with van der Waals surface area (Å²) in [5.74, 6) is 0.376. The number of hydrogen-bond donors (Lipinski definition) is 2. The molecule has 6 nitrogen and oxygen atoms in total. The lowest BCUT2D eigenvalue weighted by Crippen LogP contribution is -2.40. The Kier molecular flexibility index (Phi) is 6.23. The predicted molar refractivity (Wildman–Crippen MR) is 122 cm³/mol. The number of hydrogen-bond acceptors (Lipinski definition) is 5. The molecule has 8 heteroatoms. The van der Waals surface area contributed by atoms with Crippen molar-refractivity contribution in [3.8, 4) is 0 Å². The lowest BCUT2D eigenvalue weighted by molar-refractivity contribution is 0.0922. The van der Waals surface area contributed by atoms with Crippen molar-refractivity contribution < 1.29 is 9.18 Å². The Hall–Kier alpha value is -2.93. The quantitative estimate of drug-likeness (QED) is 0.603. The SMILES string of the molecule is CN(C)c1nc(NC2CCC(NC(=O)c3cccc(Cl)c3F)CC2)nc2ccccc12. The van der Waals surface area contributed by atoms with E-state index < -0.39 is 11.7 Å². The van der Waals surface area contributed by atoms with E-state index in [0.717, 1.165) is 42.4 Å². The third kappa shape index (κ3) is 4.71. The molecule has 1 aliphatic rings. The second kappa shape index (κ2) is 9.06. The van der Waals surface area contributed by atoms with Gasteiger partial charge in [-0.15, -0.1) is 0 Å². The van der Waals surface area contributed by atoms with Crippen LogP contribution >= 0.6 is 11.6 Å². The highest BCUT2D eigenvalue weighted by molar-refractivity contribution is 6.31. The molecule has 0 aliphatic heterocycles. The van der Waals surface area contributed by atoms with Gasteiger partial charge in [-0.2, -0.15) is 4.98 Å². The van der Waals surface area contributed by atoms with Crippen molar-refractivity contribution in [1.29, 1.82) is 0 Å². The van der Waals surface area contributed by atoms with E-state index in [1.54, 1.807) is 6.07 Å². The van der Waals surface area contributed by atoms with Crippen LogP contribution in [0.1, 0.15) is 36.0 Å². The topological polar surface area (TPSA) is 70.2 Å². The van der Waals surface area contributed by atoms with Crippen LogP contribution in [0.2, 0.25) is 5.02 Å². The van der Waals surface area contributed by atoms with Crippen LogP contribution in [0.3, 0.4) is 0 Å². The molecule has 1 aromatic heterocycles. The molecule has 0 unspecified atom stereocenters. The Morgan fingerprint density at radius 1 is 1.03 bits per heavy atom. The molecule has 3 aromatic rings. The number of halogens is 2. The van der Waals surface area contributed by atoms with Gasteiger partial charge in [-0.05, 0) is 49.9 Å². The molecular weight excluding hydrogens is 417 g/mol. The maximum atomic E-state index is 14.1. The fourth-order valence-corrected chi connectivity index (χ4v) is 4.15. The molecule has 2 N–H and O–H groups in total. The minimum atomic E-state index is -0.679. The second-order valence-corrected chi connectivity index (χ2v) is 8.46. The van der Waals surface area contributed by atoms with E-state index in [4.69, 9.17) is 16.6 Å². The fourth-order valence-electron chi connectivity index (χ4n) is 3.97. The zero-order chi connectivity index (χ0) is 22.0. The first-order chi connectivity index (χ1) is 14.9. The lowest BCUT2D eigenvalue weighted by Gasteiger charge is -2.30. The van der Waals surface area contributed by atoms with Crippen LogP contribution < -0.4 is 15.5 Å². The number of carbonyl (C=O) groups is 1. The number of rotatable bonds is 5. The number of aromatic nitrogens is 2. The van der Waals surface area contributed by atoms with E-state index in [2.05, 4.69) is 15.6 Å². The third-order valence-corrected chi connectivity index (χ3v) is 5.89. The van der Waals surface area contributed by atoms with Gasteiger partial charge in [0.05, 0.1) is 16.1 Å². The van der Waals surface area contributed by atoms with Crippen LogP contribution in [0.4, 0.5) is 16.2 Å². The predicted octanol–water partition coefficient (Wildman–Crippen LogP) is 4.64. The number of para-hydroxylation sites is 1. The highest BCUT2D eigenvalue weighted by Crippen LogP contribution is 2.26. The van der Waals surface area contributed by atoms with E-state index in [0.29, 0.717) is 5.95 Å². The minimum absolute atomic E-state index is 0.00112. The molecule has 1 saturated carbocycles. The Labute approximate surface area is 185 Å². The Morgan fingerprint density at radius 2 is 1.74 bits per heavy atom. The molecule has 1 aliphatic carbocycles. The van der Waals surface area contributed by atoms with E-state index in [-0.39, 0.29) is 22.7 Å². The molecule has 0 spiro atoms. The number of carbonyl (C=O) groups excluding carboxylic acids is 1. The zero-order valence-corrected chi connectivity index (χ0v) is 18.3. The van der Waals surface area contributed by atoms with Crippen molar-refractivity contribution in [2.45, 2.75) is 37.8 Å². The largest absolute Gasteiger partial charge is 0.362 e. The van der Waals surface area contributed by atoms with Gasteiger partial charge in [0.15, 0.2) is 5.82 Å². The van der Waals surface area contributed by atoms with Crippen molar-refractivity contribution in [2.75, 3.05) is 24.3 Å². The van der Waals surface area contributed by atoms with Crippen molar-refractivity contribution in [3.05, 3.63) is 58.9 Å². The summed E-state index contributed by atoms with van der Waals surface area (Å²) in [5, 5.41) is 7.35. The lowest BCUT2D eigenvalue weighted by atomic mass is 9.91. The van der Waals surface area contributed by atoms with Gasteiger partial charge in [0.2, 0.25) is 5.95 Å². The average Bonchev–Trinajstić information content (AvgIpc) is 2.76. The van der Waals surface area contributed by atoms with Crippen LogP contribution in [-0.2, 0) is 0 Å². The molecule has 1 fully saturated rings. The van der Waals surface area contributed by atoms with Gasteiger partial charge in [0, 0.05) is 31.6 Å².